The lowest BCUT2D eigenvalue weighted by Crippen LogP contribution is -2.33. The number of hydrazone groups is 1. The molecule has 0 unspecified atom stereocenters. The van der Waals surface area contributed by atoms with E-state index in [1.165, 1.54) is 13.3 Å². The predicted molar refractivity (Wildman–Crippen MR) is 115 cm³/mol. The molecule has 0 heterocycles. The molecule has 3 aromatic rings. The topological polar surface area (TPSA) is 77.0 Å². The quantitative estimate of drug-likeness (QED) is 0.367. The van der Waals surface area contributed by atoms with Gasteiger partial charge in [-0.05, 0) is 47.9 Å². The van der Waals surface area contributed by atoms with Crippen molar-refractivity contribution in [2.45, 2.75) is 13.0 Å². The Balaban J connectivity index is 1.52. The Morgan fingerprint density at radius 3 is 2.17 bits per heavy atom. The lowest BCUT2D eigenvalue weighted by molar-refractivity contribution is -0.127. The van der Waals surface area contributed by atoms with E-state index in [9.17, 15) is 9.59 Å². The Hall–Kier alpha value is -3.93. The first-order valence-electron chi connectivity index (χ1n) is 9.40. The van der Waals surface area contributed by atoms with Gasteiger partial charge in [-0.25, -0.2) is 10.2 Å². The molecule has 0 aliphatic heterocycles. The molecule has 0 radical (unpaired) electrons. The van der Waals surface area contributed by atoms with Gasteiger partial charge in [0.25, 0.3) is 5.91 Å². The maximum atomic E-state index is 12.2. The molecule has 0 fully saturated rings. The third kappa shape index (κ3) is 5.54. The summed E-state index contributed by atoms with van der Waals surface area (Å²) < 4.78 is 10.3. The highest BCUT2D eigenvalue weighted by molar-refractivity contribution is 5.91. The summed E-state index contributed by atoms with van der Waals surface area (Å²) in [6, 6.07) is 24.2. The predicted octanol–water partition coefficient (Wildman–Crippen LogP) is 4.06. The minimum absolute atomic E-state index is 0.371. The van der Waals surface area contributed by atoms with Crippen LogP contribution in [0.25, 0.3) is 11.1 Å². The minimum atomic E-state index is -0.716. The summed E-state index contributed by atoms with van der Waals surface area (Å²) in [5, 5.41) is 3.93. The van der Waals surface area contributed by atoms with Crippen molar-refractivity contribution >= 4 is 18.1 Å². The van der Waals surface area contributed by atoms with Gasteiger partial charge < -0.3 is 9.47 Å². The molecule has 6 heteroatoms. The third-order valence-corrected chi connectivity index (χ3v) is 4.36. The minimum Gasteiger partial charge on any atom is -0.481 e. The average Bonchev–Trinajstić information content (AvgIpc) is 2.80. The van der Waals surface area contributed by atoms with Crippen LogP contribution in [0.4, 0.5) is 0 Å². The van der Waals surface area contributed by atoms with Gasteiger partial charge in [-0.1, -0.05) is 54.6 Å². The zero-order valence-electron chi connectivity index (χ0n) is 16.7. The molecule has 3 aromatic carbocycles. The molecule has 6 nitrogen and oxygen atoms in total. The number of ether oxygens (including phenoxy) is 2. The summed E-state index contributed by atoms with van der Waals surface area (Å²) in [7, 11) is 1.33. The van der Waals surface area contributed by atoms with Crippen LogP contribution in [0.2, 0.25) is 0 Å². The highest BCUT2D eigenvalue weighted by atomic mass is 16.5. The number of carbonyl (C=O) groups excluding carboxylic acids is 2. The summed E-state index contributed by atoms with van der Waals surface area (Å²) in [6.45, 7) is 1.65. The highest BCUT2D eigenvalue weighted by Gasteiger charge is 2.14. The molecule has 1 N–H and O–H groups in total. The van der Waals surface area contributed by atoms with Gasteiger partial charge in [0.05, 0.1) is 18.9 Å². The summed E-state index contributed by atoms with van der Waals surface area (Å²) >= 11 is 0. The van der Waals surface area contributed by atoms with E-state index in [1.807, 2.05) is 54.6 Å². The molecule has 1 atom stereocenters. The van der Waals surface area contributed by atoms with Crippen molar-refractivity contribution in [2.75, 3.05) is 7.11 Å². The van der Waals surface area contributed by atoms with Crippen molar-refractivity contribution in [3.05, 3.63) is 90.0 Å². The number of carbonyl (C=O) groups is 2. The zero-order chi connectivity index (χ0) is 21.3. The number of benzene rings is 3. The van der Waals surface area contributed by atoms with Crippen LogP contribution in [0.5, 0.6) is 5.75 Å². The SMILES string of the molecule is COC(=O)c1ccc(/C=N\NC(=O)[C@H](C)Oc2ccc(-c3ccccc3)cc2)cc1. The van der Waals surface area contributed by atoms with Gasteiger partial charge in [-0.15, -0.1) is 0 Å². The maximum absolute atomic E-state index is 12.2. The molecule has 3 rings (SSSR count). The van der Waals surface area contributed by atoms with Gasteiger partial charge >= 0.3 is 5.97 Å². The van der Waals surface area contributed by atoms with E-state index in [-0.39, 0.29) is 5.91 Å². The Bertz CT molecular complexity index is 1010. The summed E-state index contributed by atoms with van der Waals surface area (Å²) in [4.78, 5) is 23.6. The van der Waals surface area contributed by atoms with E-state index in [4.69, 9.17) is 4.74 Å². The number of hydrogen-bond donors (Lipinski definition) is 1. The Morgan fingerprint density at radius 2 is 1.53 bits per heavy atom. The summed E-state index contributed by atoms with van der Waals surface area (Å²) in [5.74, 6) is -0.182. The Labute approximate surface area is 175 Å². The van der Waals surface area contributed by atoms with E-state index < -0.39 is 12.1 Å². The fraction of sp³-hybridized carbons (Fsp3) is 0.125. The van der Waals surface area contributed by atoms with Gasteiger partial charge in [-0.3, -0.25) is 4.79 Å². The molecule has 0 saturated carbocycles. The van der Waals surface area contributed by atoms with E-state index in [0.717, 1.165) is 16.7 Å². The molecule has 0 bridgehead atoms. The van der Waals surface area contributed by atoms with E-state index in [1.54, 1.807) is 31.2 Å². The lowest BCUT2D eigenvalue weighted by Gasteiger charge is -2.13. The number of rotatable bonds is 7. The Kier molecular flexibility index (Phi) is 6.95. The van der Waals surface area contributed by atoms with Gasteiger partial charge in [0.1, 0.15) is 5.75 Å². The molecule has 0 saturated heterocycles. The van der Waals surface area contributed by atoms with Crippen LogP contribution >= 0.6 is 0 Å². The first kappa shape index (κ1) is 20.8. The number of esters is 1. The number of hydrogen-bond acceptors (Lipinski definition) is 5. The van der Waals surface area contributed by atoms with Crippen LogP contribution in [0.1, 0.15) is 22.8 Å². The van der Waals surface area contributed by atoms with Gasteiger partial charge in [0, 0.05) is 0 Å². The van der Waals surface area contributed by atoms with Crippen LogP contribution in [0.15, 0.2) is 84.0 Å². The van der Waals surface area contributed by atoms with Gasteiger partial charge in [0.15, 0.2) is 6.10 Å². The zero-order valence-corrected chi connectivity index (χ0v) is 16.7. The second-order valence-electron chi connectivity index (χ2n) is 6.50. The third-order valence-electron chi connectivity index (χ3n) is 4.36. The smallest absolute Gasteiger partial charge is 0.337 e. The van der Waals surface area contributed by atoms with Crippen LogP contribution in [0.3, 0.4) is 0 Å². The largest absolute Gasteiger partial charge is 0.481 e. The molecule has 1 amide bonds. The van der Waals surface area contributed by atoms with Crippen molar-refractivity contribution in [1.29, 1.82) is 0 Å². The Morgan fingerprint density at radius 1 is 0.900 bits per heavy atom. The number of nitrogens with one attached hydrogen (secondary N) is 1. The fourth-order valence-electron chi connectivity index (χ4n) is 2.70. The number of methoxy groups -OCH3 is 1. The lowest BCUT2D eigenvalue weighted by atomic mass is 10.1. The molecular formula is C24H22N2O4. The second-order valence-corrected chi connectivity index (χ2v) is 6.50. The first-order valence-corrected chi connectivity index (χ1v) is 9.40. The van der Waals surface area contributed by atoms with E-state index >= 15 is 0 Å². The molecule has 30 heavy (non-hydrogen) atoms. The molecular weight excluding hydrogens is 380 g/mol. The van der Waals surface area contributed by atoms with Crippen molar-refractivity contribution in [2.24, 2.45) is 5.10 Å². The van der Waals surface area contributed by atoms with Crippen molar-refractivity contribution in [3.63, 3.8) is 0 Å². The van der Waals surface area contributed by atoms with Gasteiger partial charge in [0.2, 0.25) is 0 Å². The number of nitrogens with zero attached hydrogens (tertiary/aromatic N) is 1. The highest BCUT2D eigenvalue weighted by Crippen LogP contribution is 2.22. The molecule has 0 aromatic heterocycles. The van der Waals surface area contributed by atoms with Crippen molar-refractivity contribution in [3.8, 4) is 16.9 Å². The maximum Gasteiger partial charge on any atom is 0.337 e. The normalized spacial score (nSPS) is 11.7. The van der Waals surface area contributed by atoms with Crippen molar-refractivity contribution in [1.82, 2.24) is 5.43 Å². The monoisotopic (exact) mass is 402 g/mol. The standard InChI is InChI=1S/C24H22N2O4/c1-17(30-22-14-12-20(13-15-22)19-6-4-3-5-7-19)23(27)26-25-16-18-8-10-21(11-9-18)24(28)29-2/h3-17H,1-2H3,(H,26,27)/b25-16-/t17-/m0/s1. The molecule has 0 spiro atoms. The number of amides is 1. The molecule has 0 aliphatic rings. The summed E-state index contributed by atoms with van der Waals surface area (Å²) in [6.07, 6.45) is 0.770. The summed E-state index contributed by atoms with van der Waals surface area (Å²) in [5.41, 5.74) is 5.81. The van der Waals surface area contributed by atoms with Crippen molar-refractivity contribution < 1.29 is 19.1 Å². The van der Waals surface area contributed by atoms with E-state index in [2.05, 4.69) is 15.3 Å². The second kappa shape index (κ2) is 10.0. The van der Waals surface area contributed by atoms with E-state index in [0.29, 0.717) is 11.3 Å². The fourth-order valence-corrected chi connectivity index (χ4v) is 2.70. The molecule has 152 valence electrons. The van der Waals surface area contributed by atoms with Crippen LogP contribution in [-0.2, 0) is 9.53 Å². The average molecular weight is 402 g/mol. The first-order chi connectivity index (χ1) is 14.6. The molecule has 0 aliphatic carbocycles. The van der Waals surface area contributed by atoms with Gasteiger partial charge in [-0.2, -0.15) is 5.10 Å². The van der Waals surface area contributed by atoms with Crippen LogP contribution in [-0.4, -0.2) is 31.3 Å². The van der Waals surface area contributed by atoms with Crippen LogP contribution < -0.4 is 10.2 Å². The van der Waals surface area contributed by atoms with Crippen LogP contribution in [0, 0.1) is 0 Å².